The maximum absolute atomic E-state index is 14.1. The number of rotatable bonds is 4. The smallest absolute Gasteiger partial charge is 0.243 e. The molecule has 4 saturated heterocycles. The molecule has 0 spiro atoms. The molecule has 4 heterocycles. The zero-order chi connectivity index (χ0) is 31.0. The lowest BCUT2D eigenvalue weighted by Crippen LogP contribution is -2.55. The fraction of sp³-hybridized carbons (Fsp3) is 0.533. The van der Waals surface area contributed by atoms with E-state index in [9.17, 15) is 32.6 Å². The molecule has 0 unspecified atom stereocenters. The van der Waals surface area contributed by atoms with Crippen molar-refractivity contribution in [1.82, 2.24) is 19.4 Å². The topological polar surface area (TPSA) is 149 Å². The van der Waals surface area contributed by atoms with E-state index in [1.165, 1.54) is 12.1 Å². The number of aliphatic hydroxyl groups excluding tert-OH is 2. The number of hydrogen-bond donors (Lipinski definition) is 3. The van der Waals surface area contributed by atoms with E-state index in [4.69, 9.17) is 9.47 Å². The Morgan fingerprint density at radius 2 is 1.73 bits per heavy atom. The summed E-state index contributed by atoms with van der Waals surface area (Å²) < 4.78 is 54.5. The molecule has 44 heavy (non-hydrogen) atoms. The average Bonchev–Trinajstić information content (AvgIpc) is 3.51. The summed E-state index contributed by atoms with van der Waals surface area (Å²) in [6.07, 6.45) is -5.77. The normalized spacial score (nSPS) is 32.5. The van der Waals surface area contributed by atoms with Gasteiger partial charge in [-0.3, -0.25) is 14.5 Å². The number of benzene rings is 2. The third-order valence-corrected chi connectivity index (χ3v) is 10.6. The number of likely N-dealkylation sites (tertiary alicyclic amines) is 1. The highest BCUT2D eigenvalue weighted by atomic mass is 32.2. The van der Waals surface area contributed by atoms with Crippen molar-refractivity contribution < 1.29 is 42.1 Å². The summed E-state index contributed by atoms with van der Waals surface area (Å²) in [5, 5.41) is 24.6. The summed E-state index contributed by atoms with van der Waals surface area (Å²) in [6.45, 7) is 0.936. The maximum atomic E-state index is 14.1. The largest absolute Gasteiger partial charge is 0.388 e. The van der Waals surface area contributed by atoms with Crippen LogP contribution in [0.2, 0.25) is 0 Å². The lowest BCUT2D eigenvalue weighted by Gasteiger charge is -2.38. The van der Waals surface area contributed by atoms with Gasteiger partial charge in [-0.05, 0) is 30.2 Å². The molecule has 7 atom stereocenters. The quantitative estimate of drug-likeness (QED) is 0.413. The first-order valence-electron chi connectivity index (χ1n) is 14.8. The fourth-order valence-corrected chi connectivity index (χ4v) is 8.10. The summed E-state index contributed by atoms with van der Waals surface area (Å²) in [6, 6.07) is 13.4. The Labute approximate surface area is 255 Å². The molecule has 0 aromatic heterocycles. The Kier molecular flexibility index (Phi) is 9.02. The fourth-order valence-electron chi connectivity index (χ4n) is 6.59. The molecule has 3 N–H and O–H groups in total. The van der Waals surface area contributed by atoms with E-state index in [-0.39, 0.29) is 49.5 Å². The molecule has 238 valence electrons. The van der Waals surface area contributed by atoms with Crippen molar-refractivity contribution >= 4 is 21.8 Å². The second kappa shape index (κ2) is 12.8. The highest BCUT2D eigenvalue weighted by molar-refractivity contribution is 7.89. The Morgan fingerprint density at radius 3 is 2.50 bits per heavy atom. The van der Waals surface area contributed by atoms with E-state index in [1.807, 2.05) is 35.2 Å². The number of nitrogens with zero attached hydrogens (tertiary/aromatic N) is 3. The summed E-state index contributed by atoms with van der Waals surface area (Å²) in [5.41, 5.74) is 1.02. The summed E-state index contributed by atoms with van der Waals surface area (Å²) in [7, 11) is -4.33. The Morgan fingerprint density at radius 1 is 0.955 bits per heavy atom. The van der Waals surface area contributed by atoms with Crippen molar-refractivity contribution in [1.29, 1.82) is 0 Å². The average molecular weight is 633 g/mol. The molecular formula is C30H37FN4O8S. The number of morpholine rings is 1. The number of nitrogens with one attached hydrogen (secondary N) is 1. The molecule has 2 aromatic rings. The van der Waals surface area contributed by atoms with E-state index < -0.39 is 58.3 Å². The number of halogens is 1. The van der Waals surface area contributed by atoms with Crippen LogP contribution in [0.4, 0.5) is 4.39 Å². The van der Waals surface area contributed by atoms with E-state index in [0.717, 1.165) is 22.0 Å². The highest BCUT2D eigenvalue weighted by Gasteiger charge is 2.47. The van der Waals surface area contributed by atoms with Crippen LogP contribution in [0.25, 0.3) is 0 Å². The first-order valence-corrected chi connectivity index (χ1v) is 16.3. The number of ether oxygens (including phenoxy) is 2. The highest BCUT2D eigenvalue weighted by Crippen LogP contribution is 2.29. The molecule has 0 saturated carbocycles. The molecule has 2 aromatic carbocycles. The Bertz CT molecular complexity index is 1470. The van der Waals surface area contributed by atoms with Crippen molar-refractivity contribution in [2.75, 3.05) is 39.3 Å². The molecule has 4 fully saturated rings. The van der Waals surface area contributed by atoms with E-state index in [0.29, 0.717) is 26.1 Å². The molecule has 0 radical (unpaired) electrons. The molecule has 14 heteroatoms. The second-order valence-corrected chi connectivity index (χ2v) is 13.8. The minimum absolute atomic E-state index is 0.111. The summed E-state index contributed by atoms with van der Waals surface area (Å²) in [4.78, 5) is 30.5. The van der Waals surface area contributed by atoms with Crippen LogP contribution in [0.15, 0.2) is 59.5 Å². The molecule has 2 amide bonds. The van der Waals surface area contributed by atoms with Crippen LogP contribution in [-0.4, -0.2) is 126 Å². The SMILES string of the molecule is O=C1C[C@@H]2O[C@H](CN(S(=O)(=O)c3cccc(F)c3)C[C@@H]3CN(CCO3)C(=O)[C@@H]3C[C@@H](CN3Cc3ccccc3)N1)[C@@H](O)[C@H]2O. The minimum atomic E-state index is -4.33. The van der Waals surface area contributed by atoms with Gasteiger partial charge in [0.2, 0.25) is 21.8 Å². The molecule has 4 aliphatic heterocycles. The van der Waals surface area contributed by atoms with Gasteiger partial charge in [0, 0.05) is 45.3 Å². The summed E-state index contributed by atoms with van der Waals surface area (Å²) in [5.74, 6) is -1.28. The number of carbonyl (C=O) groups excluding carboxylic acids is 2. The van der Waals surface area contributed by atoms with Gasteiger partial charge < -0.3 is 29.9 Å². The Hall–Kier alpha value is -2.98. The Balaban J connectivity index is 1.32. The zero-order valence-corrected chi connectivity index (χ0v) is 24.9. The van der Waals surface area contributed by atoms with E-state index in [1.54, 1.807) is 4.90 Å². The lowest BCUT2D eigenvalue weighted by molar-refractivity contribution is -0.144. The molecule has 12 nitrogen and oxygen atoms in total. The number of carbonyl (C=O) groups is 2. The summed E-state index contributed by atoms with van der Waals surface area (Å²) >= 11 is 0. The zero-order valence-electron chi connectivity index (χ0n) is 24.1. The van der Waals surface area contributed by atoms with Gasteiger partial charge in [-0.2, -0.15) is 4.31 Å². The van der Waals surface area contributed by atoms with E-state index >= 15 is 0 Å². The van der Waals surface area contributed by atoms with Gasteiger partial charge >= 0.3 is 0 Å². The second-order valence-electron chi connectivity index (χ2n) is 11.9. The minimum Gasteiger partial charge on any atom is -0.388 e. The van der Waals surface area contributed by atoms with Gasteiger partial charge in [0.25, 0.3) is 0 Å². The van der Waals surface area contributed by atoms with Crippen molar-refractivity contribution in [2.45, 2.75) is 66.9 Å². The van der Waals surface area contributed by atoms with Gasteiger partial charge in [0.1, 0.15) is 24.1 Å². The third-order valence-electron chi connectivity index (χ3n) is 8.81. The van der Waals surface area contributed by atoms with Gasteiger partial charge in [0.15, 0.2) is 0 Å². The lowest BCUT2D eigenvalue weighted by atomic mass is 10.0. The molecule has 0 aliphatic carbocycles. The van der Waals surface area contributed by atoms with Crippen LogP contribution >= 0.6 is 0 Å². The standard InChI is InChI=1S/C30H37FN4O8S/c31-20-7-4-8-23(11-20)44(40,41)35-17-22-16-33(9-10-42-22)30(39)24-12-21(15-34(24)14-19-5-2-1-3-6-19)32-27(36)13-25-28(37)29(38)26(18-35)43-25/h1-8,11,21-22,24-26,28-29,37-38H,9-10,12-18H2,(H,32,36)/t21-,22-,24-,25-,26+,28-,29+/m0/s1. The first-order chi connectivity index (χ1) is 21.1. The number of fused-ring (bicyclic) bond motifs is 6. The number of aliphatic hydroxyl groups is 2. The van der Waals surface area contributed by atoms with E-state index in [2.05, 4.69) is 5.32 Å². The third kappa shape index (κ3) is 6.52. The molecule has 4 aliphatic rings. The number of sulfonamides is 1. The van der Waals surface area contributed by atoms with Gasteiger partial charge in [-0.1, -0.05) is 36.4 Å². The predicted molar refractivity (Wildman–Crippen MR) is 154 cm³/mol. The van der Waals surface area contributed by atoms with Crippen LogP contribution in [0.1, 0.15) is 18.4 Å². The number of hydrogen-bond acceptors (Lipinski definition) is 9. The van der Waals surface area contributed by atoms with Crippen LogP contribution < -0.4 is 5.32 Å². The number of amides is 2. The first kappa shape index (κ1) is 31.0. The van der Waals surface area contributed by atoms with Crippen molar-refractivity contribution in [3.05, 3.63) is 66.0 Å². The predicted octanol–water partition coefficient (Wildman–Crippen LogP) is -0.304. The van der Waals surface area contributed by atoms with Crippen molar-refractivity contribution in [3.8, 4) is 0 Å². The van der Waals surface area contributed by atoms with Crippen LogP contribution in [0.3, 0.4) is 0 Å². The molecule has 6 rings (SSSR count). The van der Waals surface area contributed by atoms with Crippen LogP contribution in [0, 0.1) is 5.82 Å². The van der Waals surface area contributed by atoms with Crippen molar-refractivity contribution in [2.24, 2.45) is 0 Å². The van der Waals surface area contributed by atoms with Crippen LogP contribution in [-0.2, 0) is 35.6 Å². The molecule has 6 bridgehead atoms. The van der Waals surface area contributed by atoms with Gasteiger partial charge in [0.05, 0.1) is 36.2 Å². The van der Waals surface area contributed by atoms with Gasteiger partial charge in [-0.25, -0.2) is 12.8 Å². The monoisotopic (exact) mass is 632 g/mol. The van der Waals surface area contributed by atoms with Crippen molar-refractivity contribution in [3.63, 3.8) is 0 Å². The van der Waals surface area contributed by atoms with Crippen LogP contribution in [0.5, 0.6) is 0 Å². The maximum Gasteiger partial charge on any atom is 0.243 e. The van der Waals surface area contributed by atoms with Gasteiger partial charge in [-0.15, -0.1) is 0 Å². The molecular weight excluding hydrogens is 595 g/mol.